The van der Waals surface area contributed by atoms with Gasteiger partial charge >= 0.3 is 0 Å². The van der Waals surface area contributed by atoms with Crippen molar-refractivity contribution in [2.24, 2.45) is 0 Å². The molecule has 2 fully saturated rings. The number of nitrogens with one attached hydrogen (secondary N) is 1. The Balaban J connectivity index is 1.83. The van der Waals surface area contributed by atoms with Gasteiger partial charge in [0.25, 0.3) is 0 Å². The van der Waals surface area contributed by atoms with Crippen LogP contribution in [0.1, 0.15) is 46.0 Å². The molecule has 3 nitrogen and oxygen atoms in total. The lowest BCUT2D eigenvalue weighted by atomic mass is 10.0. The molecule has 2 atom stereocenters. The summed E-state index contributed by atoms with van der Waals surface area (Å²) in [5.41, 5.74) is -0.518. The minimum atomic E-state index is -0.518. The fourth-order valence-corrected chi connectivity index (χ4v) is 3.04. The van der Waals surface area contributed by atoms with Gasteiger partial charge in [0.05, 0.1) is 5.60 Å². The zero-order valence-corrected chi connectivity index (χ0v) is 10.7. The number of rotatable bonds is 4. The number of hydrogen-bond donors (Lipinski definition) is 2. The van der Waals surface area contributed by atoms with E-state index in [1.807, 2.05) is 13.8 Å². The Morgan fingerprint density at radius 1 is 1.31 bits per heavy atom. The molecule has 2 rings (SSSR count). The first kappa shape index (κ1) is 12.3. The quantitative estimate of drug-likeness (QED) is 0.760. The molecule has 2 saturated heterocycles. The van der Waals surface area contributed by atoms with Gasteiger partial charge in [-0.05, 0) is 59.0 Å². The monoisotopic (exact) mass is 226 g/mol. The highest BCUT2D eigenvalue weighted by atomic mass is 16.3. The van der Waals surface area contributed by atoms with Crippen LogP contribution in [0, 0.1) is 0 Å². The molecule has 2 unspecified atom stereocenters. The van der Waals surface area contributed by atoms with Gasteiger partial charge in [-0.25, -0.2) is 0 Å². The summed E-state index contributed by atoms with van der Waals surface area (Å²) in [6.07, 6.45) is 6.22. The molecule has 0 aromatic heterocycles. The van der Waals surface area contributed by atoms with Crippen LogP contribution in [0.25, 0.3) is 0 Å². The SMILES string of the molecule is CC(C)(O)CCN1CCCC1C1CCCN1. The van der Waals surface area contributed by atoms with Crippen molar-refractivity contribution in [3.63, 3.8) is 0 Å². The Kier molecular flexibility index (Phi) is 3.88. The first-order chi connectivity index (χ1) is 7.56. The Hall–Kier alpha value is -0.120. The van der Waals surface area contributed by atoms with Crippen molar-refractivity contribution in [2.75, 3.05) is 19.6 Å². The van der Waals surface area contributed by atoms with Gasteiger partial charge in [0.1, 0.15) is 0 Å². The highest BCUT2D eigenvalue weighted by Gasteiger charge is 2.33. The average molecular weight is 226 g/mol. The highest BCUT2D eigenvalue weighted by molar-refractivity contribution is 4.92. The molecule has 0 bridgehead atoms. The van der Waals surface area contributed by atoms with Gasteiger partial charge in [0.15, 0.2) is 0 Å². The van der Waals surface area contributed by atoms with Crippen LogP contribution in [0.2, 0.25) is 0 Å². The van der Waals surface area contributed by atoms with E-state index in [0.29, 0.717) is 6.04 Å². The molecular formula is C13H26N2O. The van der Waals surface area contributed by atoms with Gasteiger partial charge < -0.3 is 10.4 Å². The van der Waals surface area contributed by atoms with Crippen LogP contribution in [0.5, 0.6) is 0 Å². The summed E-state index contributed by atoms with van der Waals surface area (Å²) >= 11 is 0. The van der Waals surface area contributed by atoms with E-state index in [1.54, 1.807) is 0 Å². The summed E-state index contributed by atoms with van der Waals surface area (Å²) in [5, 5.41) is 13.4. The van der Waals surface area contributed by atoms with Gasteiger partial charge in [0.2, 0.25) is 0 Å². The zero-order valence-electron chi connectivity index (χ0n) is 10.7. The fraction of sp³-hybridized carbons (Fsp3) is 1.00. The van der Waals surface area contributed by atoms with Crippen LogP contribution in [0.4, 0.5) is 0 Å². The maximum atomic E-state index is 9.79. The molecule has 0 saturated carbocycles. The van der Waals surface area contributed by atoms with Crippen LogP contribution >= 0.6 is 0 Å². The third-order valence-corrected chi connectivity index (χ3v) is 3.99. The van der Waals surface area contributed by atoms with Crippen LogP contribution in [-0.4, -0.2) is 47.3 Å². The molecule has 2 N–H and O–H groups in total. The summed E-state index contributed by atoms with van der Waals surface area (Å²) in [6.45, 7) is 7.28. The summed E-state index contributed by atoms with van der Waals surface area (Å²) in [4.78, 5) is 2.58. The van der Waals surface area contributed by atoms with E-state index in [1.165, 1.54) is 38.8 Å². The van der Waals surface area contributed by atoms with Gasteiger partial charge in [-0.2, -0.15) is 0 Å². The van der Waals surface area contributed by atoms with Crippen molar-refractivity contribution in [1.82, 2.24) is 10.2 Å². The maximum Gasteiger partial charge on any atom is 0.0603 e. The van der Waals surface area contributed by atoms with Crippen molar-refractivity contribution in [3.05, 3.63) is 0 Å². The van der Waals surface area contributed by atoms with Crippen LogP contribution in [-0.2, 0) is 0 Å². The lowest BCUT2D eigenvalue weighted by Crippen LogP contribution is -2.45. The van der Waals surface area contributed by atoms with E-state index in [0.717, 1.165) is 19.0 Å². The molecule has 2 heterocycles. The fourth-order valence-electron chi connectivity index (χ4n) is 3.04. The van der Waals surface area contributed by atoms with Crippen LogP contribution < -0.4 is 5.32 Å². The lowest BCUT2D eigenvalue weighted by Gasteiger charge is -2.31. The van der Waals surface area contributed by atoms with E-state index in [4.69, 9.17) is 0 Å². The van der Waals surface area contributed by atoms with Crippen LogP contribution in [0.3, 0.4) is 0 Å². The molecular weight excluding hydrogens is 200 g/mol. The number of aliphatic hydroxyl groups is 1. The number of nitrogens with zero attached hydrogens (tertiary/aromatic N) is 1. The molecule has 0 aromatic carbocycles. The van der Waals surface area contributed by atoms with E-state index in [2.05, 4.69) is 10.2 Å². The molecule has 0 spiro atoms. The average Bonchev–Trinajstić information content (AvgIpc) is 2.84. The molecule has 94 valence electrons. The third kappa shape index (κ3) is 3.19. The smallest absolute Gasteiger partial charge is 0.0603 e. The summed E-state index contributed by atoms with van der Waals surface area (Å²) in [7, 11) is 0. The van der Waals surface area contributed by atoms with Crippen molar-refractivity contribution in [1.29, 1.82) is 0 Å². The Morgan fingerprint density at radius 2 is 2.12 bits per heavy atom. The second kappa shape index (κ2) is 5.03. The first-order valence-electron chi connectivity index (χ1n) is 6.76. The summed E-state index contributed by atoms with van der Waals surface area (Å²) in [5.74, 6) is 0. The van der Waals surface area contributed by atoms with Crippen molar-refractivity contribution >= 4 is 0 Å². The third-order valence-electron chi connectivity index (χ3n) is 3.99. The predicted octanol–water partition coefficient (Wildman–Crippen LogP) is 1.36. The molecule has 0 radical (unpaired) electrons. The van der Waals surface area contributed by atoms with Gasteiger partial charge in [-0.3, -0.25) is 4.90 Å². The Labute approximate surface area is 99.2 Å². The lowest BCUT2D eigenvalue weighted by molar-refractivity contribution is 0.0538. The van der Waals surface area contributed by atoms with Crippen molar-refractivity contribution < 1.29 is 5.11 Å². The topological polar surface area (TPSA) is 35.5 Å². The first-order valence-corrected chi connectivity index (χ1v) is 6.76. The second-order valence-corrected chi connectivity index (χ2v) is 6.01. The van der Waals surface area contributed by atoms with Crippen molar-refractivity contribution in [2.45, 2.75) is 63.6 Å². The number of likely N-dealkylation sites (tertiary alicyclic amines) is 1. The molecule has 2 aliphatic heterocycles. The molecule has 0 amide bonds. The molecule has 16 heavy (non-hydrogen) atoms. The zero-order chi connectivity index (χ0) is 11.6. The molecule has 0 aromatic rings. The minimum Gasteiger partial charge on any atom is -0.390 e. The van der Waals surface area contributed by atoms with Gasteiger partial charge in [-0.15, -0.1) is 0 Å². The molecule has 3 heteroatoms. The summed E-state index contributed by atoms with van der Waals surface area (Å²) in [6, 6.07) is 1.44. The normalized spacial score (nSPS) is 32.4. The van der Waals surface area contributed by atoms with E-state index < -0.39 is 5.60 Å². The summed E-state index contributed by atoms with van der Waals surface area (Å²) < 4.78 is 0. The van der Waals surface area contributed by atoms with Crippen molar-refractivity contribution in [3.8, 4) is 0 Å². The van der Waals surface area contributed by atoms with Gasteiger partial charge in [0, 0.05) is 18.6 Å². The molecule has 0 aliphatic carbocycles. The maximum absolute atomic E-state index is 9.79. The minimum absolute atomic E-state index is 0.518. The van der Waals surface area contributed by atoms with E-state index in [-0.39, 0.29) is 0 Å². The highest BCUT2D eigenvalue weighted by Crippen LogP contribution is 2.25. The van der Waals surface area contributed by atoms with Crippen LogP contribution in [0.15, 0.2) is 0 Å². The Morgan fingerprint density at radius 3 is 2.75 bits per heavy atom. The van der Waals surface area contributed by atoms with E-state index in [9.17, 15) is 5.11 Å². The molecule has 2 aliphatic rings. The second-order valence-electron chi connectivity index (χ2n) is 6.01. The largest absolute Gasteiger partial charge is 0.390 e. The predicted molar refractivity (Wildman–Crippen MR) is 66.5 cm³/mol. The Bertz CT molecular complexity index is 218. The van der Waals surface area contributed by atoms with E-state index >= 15 is 0 Å². The standard InChI is InChI=1S/C13H26N2O/c1-13(2,16)7-10-15-9-4-6-12(15)11-5-3-8-14-11/h11-12,14,16H,3-10H2,1-2H3. The van der Waals surface area contributed by atoms with Gasteiger partial charge in [-0.1, -0.05) is 0 Å². The number of hydrogen-bond acceptors (Lipinski definition) is 3.